The molecule has 0 aliphatic carbocycles. The standard InChI is InChI=1S/C12H20N4O3/c1-7(2)11(12-13-8(3)15-19-12)14-10(18)6-16(5)9(4)17/h7,11H,6H2,1-5H3,(H,14,18)/t11-/m1/s1. The third-order valence-electron chi connectivity index (χ3n) is 2.71. The van der Waals surface area contributed by atoms with Gasteiger partial charge >= 0.3 is 0 Å². The van der Waals surface area contributed by atoms with Crippen LogP contribution >= 0.6 is 0 Å². The lowest BCUT2D eigenvalue weighted by molar-refractivity contribution is -0.133. The number of nitrogens with one attached hydrogen (secondary N) is 1. The van der Waals surface area contributed by atoms with Gasteiger partial charge in [-0.2, -0.15) is 4.98 Å². The third kappa shape index (κ3) is 4.35. The van der Waals surface area contributed by atoms with E-state index >= 15 is 0 Å². The zero-order valence-electron chi connectivity index (χ0n) is 11.9. The molecule has 1 N–H and O–H groups in total. The fourth-order valence-corrected chi connectivity index (χ4v) is 1.50. The van der Waals surface area contributed by atoms with Gasteiger partial charge in [0.2, 0.25) is 17.7 Å². The fraction of sp³-hybridized carbons (Fsp3) is 0.667. The van der Waals surface area contributed by atoms with Gasteiger partial charge < -0.3 is 14.7 Å². The van der Waals surface area contributed by atoms with E-state index in [1.54, 1.807) is 14.0 Å². The molecule has 1 heterocycles. The molecule has 0 aliphatic heterocycles. The molecule has 7 nitrogen and oxygen atoms in total. The van der Waals surface area contributed by atoms with Gasteiger partial charge in [0.25, 0.3) is 0 Å². The Morgan fingerprint density at radius 2 is 2.05 bits per heavy atom. The number of nitrogens with zero attached hydrogens (tertiary/aromatic N) is 3. The van der Waals surface area contributed by atoms with Gasteiger partial charge in [-0.3, -0.25) is 9.59 Å². The van der Waals surface area contributed by atoms with Crippen molar-refractivity contribution in [1.82, 2.24) is 20.4 Å². The maximum Gasteiger partial charge on any atom is 0.249 e. The van der Waals surface area contributed by atoms with E-state index in [1.807, 2.05) is 13.8 Å². The first kappa shape index (κ1) is 15.1. The van der Waals surface area contributed by atoms with Crippen molar-refractivity contribution in [1.29, 1.82) is 0 Å². The first-order chi connectivity index (χ1) is 8.81. The predicted octanol–water partition coefficient (Wildman–Crippen LogP) is 0.670. The molecule has 1 rings (SSSR count). The average Bonchev–Trinajstić information content (AvgIpc) is 2.71. The summed E-state index contributed by atoms with van der Waals surface area (Å²) in [6.07, 6.45) is 0. The van der Waals surface area contributed by atoms with E-state index in [9.17, 15) is 9.59 Å². The van der Waals surface area contributed by atoms with E-state index in [1.165, 1.54) is 11.8 Å². The Hall–Kier alpha value is -1.92. The molecule has 0 saturated heterocycles. The molecule has 0 unspecified atom stereocenters. The Morgan fingerprint density at radius 3 is 2.47 bits per heavy atom. The number of hydrogen-bond donors (Lipinski definition) is 1. The number of hydrogen-bond acceptors (Lipinski definition) is 5. The first-order valence-electron chi connectivity index (χ1n) is 6.12. The Labute approximate surface area is 112 Å². The van der Waals surface area contributed by atoms with Gasteiger partial charge in [-0.05, 0) is 12.8 Å². The van der Waals surface area contributed by atoms with Crippen LogP contribution in [-0.2, 0) is 9.59 Å². The molecule has 0 spiro atoms. The summed E-state index contributed by atoms with van der Waals surface area (Å²) in [5.41, 5.74) is 0. The van der Waals surface area contributed by atoms with Crippen LogP contribution in [0.25, 0.3) is 0 Å². The molecule has 1 atom stereocenters. The Morgan fingerprint density at radius 1 is 1.42 bits per heavy atom. The average molecular weight is 268 g/mol. The normalized spacial score (nSPS) is 12.3. The molecule has 0 fully saturated rings. The molecule has 106 valence electrons. The van der Waals surface area contributed by atoms with E-state index in [2.05, 4.69) is 15.5 Å². The number of aromatic nitrogens is 2. The van der Waals surface area contributed by atoms with Gasteiger partial charge in [-0.25, -0.2) is 0 Å². The molecule has 0 aliphatic rings. The maximum atomic E-state index is 11.9. The van der Waals surface area contributed by atoms with Crippen molar-refractivity contribution in [3.63, 3.8) is 0 Å². The van der Waals surface area contributed by atoms with Crippen molar-refractivity contribution in [2.75, 3.05) is 13.6 Å². The summed E-state index contributed by atoms with van der Waals surface area (Å²) < 4.78 is 5.08. The van der Waals surface area contributed by atoms with Crippen LogP contribution in [0, 0.1) is 12.8 Å². The minimum absolute atomic E-state index is 0.00563. The number of aryl methyl sites for hydroxylation is 1. The van der Waals surface area contributed by atoms with Gasteiger partial charge in [0.15, 0.2) is 5.82 Å². The van der Waals surface area contributed by atoms with Crippen LogP contribution in [-0.4, -0.2) is 40.4 Å². The summed E-state index contributed by atoms with van der Waals surface area (Å²) in [5.74, 6) is 0.589. The van der Waals surface area contributed by atoms with E-state index in [0.717, 1.165) is 0 Å². The lowest BCUT2D eigenvalue weighted by Crippen LogP contribution is -2.40. The highest BCUT2D eigenvalue weighted by Crippen LogP contribution is 2.19. The smallest absolute Gasteiger partial charge is 0.249 e. The van der Waals surface area contributed by atoms with E-state index in [4.69, 9.17) is 4.52 Å². The van der Waals surface area contributed by atoms with Crippen LogP contribution in [0.3, 0.4) is 0 Å². The van der Waals surface area contributed by atoms with Crippen molar-refractivity contribution in [3.8, 4) is 0 Å². The van der Waals surface area contributed by atoms with Crippen LogP contribution < -0.4 is 5.32 Å². The van der Waals surface area contributed by atoms with Crippen LogP contribution in [0.2, 0.25) is 0 Å². The van der Waals surface area contributed by atoms with Crippen molar-refractivity contribution in [3.05, 3.63) is 11.7 Å². The zero-order chi connectivity index (χ0) is 14.6. The molecular formula is C12H20N4O3. The largest absolute Gasteiger partial charge is 0.342 e. The highest BCUT2D eigenvalue weighted by atomic mass is 16.5. The fourth-order valence-electron chi connectivity index (χ4n) is 1.50. The molecule has 0 aromatic carbocycles. The van der Waals surface area contributed by atoms with Gasteiger partial charge in [-0.1, -0.05) is 19.0 Å². The minimum atomic E-state index is -0.353. The molecule has 0 bridgehead atoms. The number of amides is 2. The van der Waals surface area contributed by atoms with Crippen molar-refractivity contribution >= 4 is 11.8 Å². The highest BCUT2D eigenvalue weighted by Gasteiger charge is 2.24. The topological polar surface area (TPSA) is 88.3 Å². The Balaban J connectivity index is 2.69. The third-order valence-corrected chi connectivity index (χ3v) is 2.71. The number of likely N-dealkylation sites (N-methyl/N-ethyl adjacent to an activating group) is 1. The number of carbonyl (C=O) groups is 2. The second-order valence-corrected chi connectivity index (χ2v) is 4.84. The molecular weight excluding hydrogens is 248 g/mol. The van der Waals surface area contributed by atoms with Crippen LogP contribution in [0.5, 0.6) is 0 Å². The molecule has 1 aromatic heterocycles. The van der Waals surface area contributed by atoms with E-state index < -0.39 is 0 Å². The molecule has 19 heavy (non-hydrogen) atoms. The van der Waals surface area contributed by atoms with Crippen LogP contribution in [0.15, 0.2) is 4.52 Å². The summed E-state index contributed by atoms with van der Waals surface area (Å²) in [4.78, 5) is 28.4. The van der Waals surface area contributed by atoms with Crippen molar-refractivity contribution in [2.24, 2.45) is 5.92 Å². The van der Waals surface area contributed by atoms with Gasteiger partial charge in [0.1, 0.15) is 6.04 Å². The van der Waals surface area contributed by atoms with E-state index in [-0.39, 0.29) is 30.3 Å². The van der Waals surface area contributed by atoms with Crippen LogP contribution in [0.1, 0.15) is 38.5 Å². The minimum Gasteiger partial charge on any atom is -0.342 e. The maximum absolute atomic E-state index is 11.9. The lowest BCUT2D eigenvalue weighted by Gasteiger charge is -2.20. The van der Waals surface area contributed by atoms with Gasteiger partial charge in [0.05, 0.1) is 6.54 Å². The molecule has 7 heteroatoms. The predicted molar refractivity (Wildman–Crippen MR) is 68.1 cm³/mol. The summed E-state index contributed by atoms with van der Waals surface area (Å²) in [7, 11) is 1.57. The first-order valence-corrected chi connectivity index (χ1v) is 6.12. The SMILES string of the molecule is CC(=O)N(C)CC(=O)N[C@@H](c1nc(C)no1)C(C)C. The van der Waals surface area contributed by atoms with Crippen molar-refractivity contribution in [2.45, 2.75) is 33.7 Å². The molecule has 1 aromatic rings. The second kappa shape index (κ2) is 6.31. The van der Waals surface area contributed by atoms with Crippen LogP contribution in [0.4, 0.5) is 0 Å². The van der Waals surface area contributed by atoms with Gasteiger partial charge in [0, 0.05) is 14.0 Å². The van der Waals surface area contributed by atoms with Crippen molar-refractivity contribution < 1.29 is 14.1 Å². The summed E-state index contributed by atoms with van der Waals surface area (Å²) >= 11 is 0. The molecule has 2 amide bonds. The zero-order valence-corrected chi connectivity index (χ0v) is 11.9. The Kier molecular flexibility index (Phi) is 5.02. The number of carbonyl (C=O) groups excluding carboxylic acids is 2. The molecule has 0 saturated carbocycles. The second-order valence-electron chi connectivity index (χ2n) is 4.84. The Bertz CT molecular complexity index is 456. The van der Waals surface area contributed by atoms with E-state index in [0.29, 0.717) is 11.7 Å². The highest BCUT2D eigenvalue weighted by molar-refractivity contribution is 5.83. The number of rotatable bonds is 5. The molecule has 0 radical (unpaired) electrons. The monoisotopic (exact) mass is 268 g/mol. The lowest BCUT2D eigenvalue weighted by atomic mass is 10.0. The summed E-state index contributed by atoms with van der Waals surface area (Å²) in [6.45, 7) is 7.02. The summed E-state index contributed by atoms with van der Waals surface area (Å²) in [6, 6.07) is -0.353. The summed E-state index contributed by atoms with van der Waals surface area (Å²) in [5, 5.41) is 6.52. The van der Waals surface area contributed by atoms with Gasteiger partial charge in [-0.15, -0.1) is 0 Å². The quantitative estimate of drug-likeness (QED) is 0.848.